The lowest BCUT2D eigenvalue weighted by Crippen LogP contribution is -2.36. The van der Waals surface area contributed by atoms with E-state index in [1.54, 1.807) is 21.3 Å². The summed E-state index contributed by atoms with van der Waals surface area (Å²) in [6.07, 6.45) is 9.35. The zero-order valence-electron chi connectivity index (χ0n) is 10.4. The van der Waals surface area contributed by atoms with Gasteiger partial charge in [-0.3, -0.25) is 0 Å². The molecule has 0 aromatic heterocycles. The maximum absolute atomic E-state index is 5.31. The second-order valence-corrected chi connectivity index (χ2v) is 4.87. The third-order valence-corrected chi connectivity index (χ3v) is 4.17. The molecule has 2 aliphatic carbocycles. The van der Waals surface area contributed by atoms with Crippen molar-refractivity contribution < 1.29 is 14.2 Å². The molecule has 1 fully saturated rings. The van der Waals surface area contributed by atoms with E-state index >= 15 is 0 Å². The van der Waals surface area contributed by atoms with E-state index in [0.717, 1.165) is 30.6 Å². The van der Waals surface area contributed by atoms with Gasteiger partial charge >= 0.3 is 0 Å². The van der Waals surface area contributed by atoms with Crippen molar-refractivity contribution in [2.24, 2.45) is 17.8 Å². The van der Waals surface area contributed by atoms with Crippen LogP contribution >= 0.6 is 0 Å². The second-order valence-electron chi connectivity index (χ2n) is 4.87. The Kier molecular flexibility index (Phi) is 3.67. The molecule has 0 amide bonds. The molecule has 0 saturated heterocycles. The van der Waals surface area contributed by atoms with E-state index in [0.29, 0.717) is 0 Å². The van der Waals surface area contributed by atoms with Crippen molar-refractivity contribution in [1.29, 1.82) is 0 Å². The highest BCUT2D eigenvalue weighted by Crippen LogP contribution is 2.46. The van der Waals surface area contributed by atoms with Gasteiger partial charge in [0.1, 0.15) is 0 Å². The van der Waals surface area contributed by atoms with Crippen molar-refractivity contribution >= 4 is 0 Å². The average Bonchev–Trinajstić information content (AvgIpc) is 2.93. The Balaban J connectivity index is 1.84. The number of fused-ring (bicyclic) bond motifs is 2. The normalized spacial score (nSPS) is 32.6. The molecule has 16 heavy (non-hydrogen) atoms. The van der Waals surface area contributed by atoms with Crippen LogP contribution in [0.4, 0.5) is 0 Å². The predicted octanol–water partition coefficient (Wildman–Crippen LogP) is 2.57. The van der Waals surface area contributed by atoms with E-state index in [1.807, 2.05) is 0 Å². The number of allylic oxidation sites excluding steroid dienone is 2. The van der Waals surface area contributed by atoms with Gasteiger partial charge in [0.25, 0.3) is 5.97 Å². The molecule has 0 spiro atoms. The van der Waals surface area contributed by atoms with Crippen molar-refractivity contribution in [2.45, 2.75) is 31.7 Å². The average molecular weight is 226 g/mol. The Morgan fingerprint density at radius 1 is 1.06 bits per heavy atom. The third-order valence-electron chi connectivity index (χ3n) is 4.17. The molecule has 2 bridgehead atoms. The Hall–Kier alpha value is -0.380. The molecule has 0 radical (unpaired) electrons. The summed E-state index contributed by atoms with van der Waals surface area (Å²) < 4.78 is 15.9. The minimum absolute atomic E-state index is 0.785. The minimum Gasteiger partial charge on any atom is -0.331 e. The van der Waals surface area contributed by atoms with Gasteiger partial charge in [-0.1, -0.05) is 12.2 Å². The second kappa shape index (κ2) is 4.86. The standard InChI is InChI=1S/C13H22O3/c1-14-13(15-2,16-3)7-6-12-9-10-4-5-11(12)8-10/h4-5,10-12H,6-9H2,1-3H3. The van der Waals surface area contributed by atoms with Gasteiger partial charge in [-0.25, -0.2) is 0 Å². The van der Waals surface area contributed by atoms with Crippen molar-refractivity contribution in [3.05, 3.63) is 12.2 Å². The van der Waals surface area contributed by atoms with Crippen molar-refractivity contribution in [1.82, 2.24) is 0 Å². The monoisotopic (exact) mass is 226 g/mol. The van der Waals surface area contributed by atoms with Crippen LogP contribution in [0.5, 0.6) is 0 Å². The summed E-state index contributed by atoms with van der Waals surface area (Å²) in [5.41, 5.74) is 0. The molecule has 3 atom stereocenters. The number of methoxy groups -OCH3 is 3. The van der Waals surface area contributed by atoms with Crippen LogP contribution < -0.4 is 0 Å². The lowest BCUT2D eigenvalue weighted by atomic mass is 9.89. The van der Waals surface area contributed by atoms with Crippen LogP contribution in [0.15, 0.2) is 12.2 Å². The molecule has 3 unspecified atom stereocenters. The highest BCUT2D eigenvalue weighted by Gasteiger charge is 2.38. The molecule has 1 saturated carbocycles. The summed E-state index contributed by atoms with van der Waals surface area (Å²) in [6, 6.07) is 0. The first-order valence-corrected chi connectivity index (χ1v) is 6.07. The zero-order chi connectivity index (χ0) is 11.6. The molecule has 0 aromatic carbocycles. The molecular formula is C13H22O3. The van der Waals surface area contributed by atoms with Gasteiger partial charge in [-0.05, 0) is 37.0 Å². The first kappa shape index (κ1) is 12.1. The number of hydrogen-bond acceptors (Lipinski definition) is 3. The maximum Gasteiger partial charge on any atom is 0.282 e. The fourth-order valence-electron chi connectivity index (χ4n) is 3.14. The Bertz CT molecular complexity index is 250. The van der Waals surface area contributed by atoms with Gasteiger partial charge in [-0.15, -0.1) is 0 Å². The number of rotatable bonds is 6. The van der Waals surface area contributed by atoms with E-state index < -0.39 is 5.97 Å². The van der Waals surface area contributed by atoms with Crippen LogP contribution in [0.2, 0.25) is 0 Å². The van der Waals surface area contributed by atoms with Crippen molar-refractivity contribution in [3.63, 3.8) is 0 Å². The zero-order valence-corrected chi connectivity index (χ0v) is 10.4. The summed E-state index contributed by atoms with van der Waals surface area (Å²) in [7, 11) is 4.90. The van der Waals surface area contributed by atoms with E-state index in [9.17, 15) is 0 Å². The van der Waals surface area contributed by atoms with Gasteiger partial charge in [0.05, 0.1) is 0 Å². The van der Waals surface area contributed by atoms with E-state index in [4.69, 9.17) is 14.2 Å². The van der Waals surface area contributed by atoms with Gasteiger partial charge < -0.3 is 14.2 Å². The van der Waals surface area contributed by atoms with Crippen molar-refractivity contribution in [2.75, 3.05) is 21.3 Å². The molecule has 2 rings (SSSR count). The quantitative estimate of drug-likeness (QED) is 0.514. The van der Waals surface area contributed by atoms with E-state index in [-0.39, 0.29) is 0 Å². The Morgan fingerprint density at radius 2 is 1.75 bits per heavy atom. The van der Waals surface area contributed by atoms with Crippen molar-refractivity contribution in [3.8, 4) is 0 Å². The first-order chi connectivity index (χ1) is 7.73. The highest BCUT2D eigenvalue weighted by atomic mass is 16.9. The SMILES string of the molecule is COC(CCC1CC2C=CC1C2)(OC)OC. The molecule has 0 N–H and O–H groups in total. The molecule has 0 aliphatic heterocycles. The van der Waals surface area contributed by atoms with Gasteiger partial charge in [0.15, 0.2) is 0 Å². The fraction of sp³-hybridized carbons (Fsp3) is 0.846. The van der Waals surface area contributed by atoms with Crippen LogP contribution in [-0.2, 0) is 14.2 Å². The lowest BCUT2D eigenvalue weighted by Gasteiger charge is -2.30. The third kappa shape index (κ3) is 2.17. The molecule has 0 aromatic rings. The Labute approximate surface area is 97.8 Å². The largest absolute Gasteiger partial charge is 0.331 e. The summed E-state index contributed by atoms with van der Waals surface area (Å²) in [6.45, 7) is 0. The van der Waals surface area contributed by atoms with Crippen LogP contribution in [0, 0.1) is 17.8 Å². The van der Waals surface area contributed by atoms with Gasteiger partial charge in [0.2, 0.25) is 0 Å². The molecule has 2 aliphatic rings. The smallest absolute Gasteiger partial charge is 0.282 e. The minimum atomic E-state index is -0.842. The Morgan fingerprint density at radius 3 is 2.19 bits per heavy atom. The van der Waals surface area contributed by atoms with Gasteiger partial charge in [0, 0.05) is 27.8 Å². The summed E-state index contributed by atoms with van der Waals surface area (Å²) in [4.78, 5) is 0. The van der Waals surface area contributed by atoms with Crippen LogP contribution in [0.1, 0.15) is 25.7 Å². The fourth-order valence-corrected chi connectivity index (χ4v) is 3.14. The number of hydrogen-bond donors (Lipinski definition) is 0. The van der Waals surface area contributed by atoms with E-state index in [2.05, 4.69) is 12.2 Å². The first-order valence-electron chi connectivity index (χ1n) is 6.07. The van der Waals surface area contributed by atoms with Gasteiger partial charge in [-0.2, -0.15) is 0 Å². The lowest BCUT2D eigenvalue weighted by molar-refractivity contribution is -0.356. The highest BCUT2D eigenvalue weighted by molar-refractivity contribution is 5.09. The topological polar surface area (TPSA) is 27.7 Å². The molecule has 3 heteroatoms. The summed E-state index contributed by atoms with van der Waals surface area (Å²) in [5.74, 6) is 1.56. The predicted molar refractivity (Wildman–Crippen MR) is 61.8 cm³/mol. The molecular weight excluding hydrogens is 204 g/mol. The van der Waals surface area contributed by atoms with Crippen LogP contribution in [0.3, 0.4) is 0 Å². The van der Waals surface area contributed by atoms with Crippen LogP contribution in [0.25, 0.3) is 0 Å². The van der Waals surface area contributed by atoms with E-state index in [1.165, 1.54) is 12.8 Å². The summed E-state index contributed by atoms with van der Waals surface area (Å²) in [5, 5.41) is 0. The maximum atomic E-state index is 5.31. The molecule has 92 valence electrons. The number of ether oxygens (including phenoxy) is 3. The van der Waals surface area contributed by atoms with Crippen LogP contribution in [-0.4, -0.2) is 27.3 Å². The summed E-state index contributed by atoms with van der Waals surface area (Å²) >= 11 is 0. The molecule has 0 heterocycles. The molecule has 3 nitrogen and oxygen atoms in total.